The Labute approximate surface area is 187 Å². The Balaban J connectivity index is 2.23. The zero-order valence-electron chi connectivity index (χ0n) is 16.3. The molecule has 0 saturated heterocycles. The maximum atomic E-state index is 13.9. The smallest absolute Gasteiger partial charge is 0.378 e. The second-order valence-corrected chi connectivity index (χ2v) is 7.36. The normalized spacial score (nSPS) is 13.5. The summed E-state index contributed by atoms with van der Waals surface area (Å²) in [5.41, 5.74) is 0.495. The fourth-order valence-corrected chi connectivity index (χ4v) is 2.82. The van der Waals surface area contributed by atoms with E-state index in [2.05, 4.69) is 16.1 Å². The average Bonchev–Trinajstić information content (AvgIpc) is 2.76. The van der Waals surface area contributed by atoms with E-state index in [4.69, 9.17) is 0 Å². The zero-order valence-corrected chi connectivity index (χ0v) is 17.1. The van der Waals surface area contributed by atoms with Crippen molar-refractivity contribution in [2.45, 2.75) is 22.7 Å². The molecule has 0 spiro atoms. The van der Waals surface area contributed by atoms with Gasteiger partial charge in [-0.3, -0.25) is 4.21 Å². The minimum atomic E-state index is -6.25. The van der Waals surface area contributed by atoms with Crippen LogP contribution in [0.5, 0.6) is 11.5 Å². The molecule has 0 amide bonds. The van der Waals surface area contributed by atoms with Crippen molar-refractivity contribution >= 4 is 17.2 Å². The van der Waals surface area contributed by atoms with Gasteiger partial charge in [-0.15, -0.1) is 0 Å². The number of benzene rings is 2. The first-order chi connectivity index (χ1) is 15.6. The molecule has 0 aliphatic rings. The minimum absolute atomic E-state index is 0.397. The monoisotopic (exact) mass is 525 g/mol. The van der Waals surface area contributed by atoms with Crippen molar-refractivity contribution in [3.63, 3.8) is 0 Å². The van der Waals surface area contributed by atoms with Gasteiger partial charge >= 0.3 is 17.8 Å². The van der Waals surface area contributed by atoms with Crippen LogP contribution >= 0.6 is 0 Å². The van der Waals surface area contributed by atoms with Gasteiger partial charge in [0.05, 0.1) is 0 Å². The number of halogens is 10. The van der Waals surface area contributed by atoms with Crippen molar-refractivity contribution in [2.75, 3.05) is 13.2 Å². The van der Waals surface area contributed by atoms with Crippen LogP contribution in [0.4, 0.5) is 43.9 Å². The first-order valence-corrected chi connectivity index (χ1v) is 9.71. The highest BCUT2D eigenvalue weighted by Crippen LogP contribution is 2.46. The molecule has 0 N–H and O–H groups in total. The molecule has 15 heteroatoms. The van der Waals surface area contributed by atoms with E-state index in [1.54, 1.807) is 0 Å². The number of ether oxygens (including phenoxy) is 2. The molecule has 2 rings (SSSR count). The lowest BCUT2D eigenvalue weighted by Gasteiger charge is -2.32. The van der Waals surface area contributed by atoms with Crippen LogP contribution in [0.3, 0.4) is 0 Å². The molecule has 2 aromatic rings. The van der Waals surface area contributed by atoms with E-state index in [1.807, 2.05) is 0 Å². The van der Waals surface area contributed by atoms with Crippen LogP contribution in [0.15, 0.2) is 35.7 Å². The van der Waals surface area contributed by atoms with Crippen LogP contribution in [0.25, 0.3) is 6.08 Å². The Bertz CT molecular complexity index is 1060. The Morgan fingerprint density at radius 2 is 1.26 bits per heavy atom. The van der Waals surface area contributed by atoms with Crippen molar-refractivity contribution in [1.82, 2.24) is 0 Å². The standard InChI is InChI=1S/C19H12F10O4S/c1-2-9-3-5-10(6-4-9)32-7-17(24,25)19(28,29)18(26,27)8-33-15-11(20)13(22)16(34(30)31)14(23)12(15)21/h2-6H,1,7-8H2,(H,30,31)/p-1. The third-order valence-corrected chi connectivity index (χ3v) is 4.89. The van der Waals surface area contributed by atoms with Gasteiger partial charge in [0.25, 0.3) is 0 Å². The molecule has 0 aliphatic carbocycles. The maximum absolute atomic E-state index is 13.9. The summed E-state index contributed by atoms with van der Waals surface area (Å²) < 4.78 is 168. The van der Waals surface area contributed by atoms with Crippen LogP contribution < -0.4 is 9.47 Å². The summed E-state index contributed by atoms with van der Waals surface area (Å²) >= 11 is -3.87. The van der Waals surface area contributed by atoms with E-state index in [-0.39, 0.29) is 0 Å². The van der Waals surface area contributed by atoms with Gasteiger partial charge in [-0.2, -0.15) is 35.1 Å². The molecule has 188 valence electrons. The Morgan fingerprint density at radius 3 is 1.68 bits per heavy atom. The van der Waals surface area contributed by atoms with Crippen LogP contribution in [-0.4, -0.2) is 39.7 Å². The van der Waals surface area contributed by atoms with Crippen molar-refractivity contribution in [2.24, 2.45) is 0 Å². The van der Waals surface area contributed by atoms with Crippen LogP contribution in [0, 0.1) is 23.3 Å². The van der Waals surface area contributed by atoms with Crippen molar-refractivity contribution in [1.29, 1.82) is 0 Å². The summed E-state index contributed by atoms with van der Waals surface area (Å²) in [6.07, 6.45) is 1.35. The molecule has 34 heavy (non-hydrogen) atoms. The highest BCUT2D eigenvalue weighted by Gasteiger charge is 2.72. The summed E-state index contributed by atoms with van der Waals surface area (Å²) in [5, 5.41) is 0. The topological polar surface area (TPSA) is 58.6 Å². The van der Waals surface area contributed by atoms with Crippen molar-refractivity contribution < 1.29 is 62.1 Å². The van der Waals surface area contributed by atoms with E-state index in [0.717, 1.165) is 12.1 Å². The van der Waals surface area contributed by atoms with E-state index in [1.165, 1.54) is 18.2 Å². The highest BCUT2D eigenvalue weighted by atomic mass is 32.2. The summed E-state index contributed by atoms with van der Waals surface area (Å²) in [5.74, 6) is -31.0. The first-order valence-electron chi connectivity index (χ1n) is 8.64. The zero-order chi connectivity index (χ0) is 26.1. The fourth-order valence-electron chi connectivity index (χ4n) is 2.35. The number of rotatable bonds is 10. The molecule has 1 unspecified atom stereocenters. The molecular weight excluding hydrogens is 514 g/mol. The van der Waals surface area contributed by atoms with Gasteiger partial charge in [0.1, 0.15) is 10.6 Å². The van der Waals surface area contributed by atoms with Gasteiger partial charge in [-0.25, -0.2) is 8.78 Å². The summed E-state index contributed by atoms with van der Waals surface area (Å²) in [4.78, 5) is -2.16. The summed E-state index contributed by atoms with van der Waals surface area (Å²) in [7, 11) is 0. The highest BCUT2D eigenvalue weighted by molar-refractivity contribution is 7.79. The Hall–Kier alpha value is -2.81. The number of hydrogen-bond donors (Lipinski definition) is 0. The van der Waals surface area contributed by atoms with Crippen LogP contribution in [-0.2, 0) is 11.1 Å². The SMILES string of the molecule is C=Cc1ccc(OCC(F)(F)C(F)(F)C(F)(F)COc2c(F)c(F)c(S(=O)[O-])c(F)c2F)cc1. The predicted octanol–water partition coefficient (Wildman–Crippen LogP) is 5.49. The van der Waals surface area contributed by atoms with Gasteiger partial charge in [0.2, 0.25) is 11.6 Å². The van der Waals surface area contributed by atoms with Crippen molar-refractivity contribution in [3.05, 3.63) is 59.7 Å². The molecule has 2 aromatic carbocycles. The van der Waals surface area contributed by atoms with Crippen molar-refractivity contribution in [3.8, 4) is 11.5 Å². The lowest BCUT2D eigenvalue weighted by molar-refractivity contribution is -0.320. The minimum Gasteiger partial charge on any atom is -0.768 e. The fraction of sp³-hybridized carbons (Fsp3) is 0.263. The third-order valence-electron chi connectivity index (χ3n) is 4.20. The molecule has 0 bridgehead atoms. The number of hydrogen-bond acceptors (Lipinski definition) is 4. The quantitative estimate of drug-likeness (QED) is 0.234. The molecule has 0 saturated carbocycles. The Kier molecular flexibility index (Phi) is 7.92. The van der Waals surface area contributed by atoms with E-state index < -0.39 is 81.7 Å². The third kappa shape index (κ3) is 5.14. The second-order valence-electron chi connectivity index (χ2n) is 6.48. The van der Waals surface area contributed by atoms with E-state index >= 15 is 0 Å². The maximum Gasteiger partial charge on any atom is 0.378 e. The summed E-state index contributed by atoms with van der Waals surface area (Å²) in [6, 6.07) is 4.69. The largest absolute Gasteiger partial charge is 0.768 e. The molecular formula is C19H11F10O4S-. The van der Waals surface area contributed by atoms with Gasteiger partial charge in [0.15, 0.2) is 30.6 Å². The van der Waals surface area contributed by atoms with Gasteiger partial charge in [-0.1, -0.05) is 24.8 Å². The molecule has 0 radical (unpaired) electrons. The lowest BCUT2D eigenvalue weighted by Crippen LogP contribution is -2.58. The van der Waals surface area contributed by atoms with Gasteiger partial charge in [0, 0.05) is 0 Å². The van der Waals surface area contributed by atoms with Gasteiger partial charge in [-0.05, 0) is 28.8 Å². The molecule has 0 aromatic heterocycles. The Morgan fingerprint density at radius 1 is 0.824 bits per heavy atom. The molecule has 0 fully saturated rings. The van der Waals surface area contributed by atoms with Gasteiger partial charge < -0.3 is 14.0 Å². The predicted molar refractivity (Wildman–Crippen MR) is 95.8 cm³/mol. The van der Waals surface area contributed by atoms with Crippen LogP contribution in [0.2, 0.25) is 0 Å². The van der Waals surface area contributed by atoms with E-state index in [0.29, 0.717) is 5.56 Å². The average molecular weight is 525 g/mol. The molecule has 1 atom stereocenters. The molecule has 4 nitrogen and oxygen atoms in total. The number of alkyl halides is 6. The van der Waals surface area contributed by atoms with E-state index in [9.17, 15) is 52.7 Å². The second kappa shape index (κ2) is 9.82. The molecule has 0 aliphatic heterocycles. The first kappa shape index (κ1) is 27.4. The lowest BCUT2D eigenvalue weighted by atomic mass is 10.1. The summed E-state index contributed by atoms with van der Waals surface area (Å²) in [6.45, 7) is -1.74. The van der Waals surface area contributed by atoms with Crippen LogP contribution in [0.1, 0.15) is 5.56 Å². The molecule has 0 heterocycles.